The first-order valence-electron chi connectivity index (χ1n) is 8.88. The second-order valence-electron chi connectivity index (χ2n) is 6.65. The number of benzene rings is 2. The second kappa shape index (κ2) is 9.79. The lowest BCUT2D eigenvalue weighted by Gasteiger charge is -2.20. The second-order valence-corrected chi connectivity index (χ2v) is 6.65. The summed E-state index contributed by atoms with van der Waals surface area (Å²) < 4.78 is 19.6. The van der Waals surface area contributed by atoms with E-state index in [2.05, 4.69) is 24.1 Å². The van der Waals surface area contributed by atoms with Gasteiger partial charge < -0.3 is 9.64 Å². The van der Waals surface area contributed by atoms with E-state index in [1.54, 1.807) is 12.1 Å². The van der Waals surface area contributed by atoms with Crippen LogP contribution in [0.3, 0.4) is 0 Å². The van der Waals surface area contributed by atoms with Crippen LogP contribution >= 0.6 is 12.4 Å². The van der Waals surface area contributed by atoms with E-state index in [0.29, 0.717) is 12.6 Å². The highest BCUT2D eigenvalue weighted by Crippen LogP contribution is 2.23. The van der Waals surface area contributed by atoms with Gasteiger partial charge in [-0.15, -0.1) is 12.4 Å². The molecule has 2 aromatic carbocycles. The molecule has 1 aliphatic heterocycles. The van der Waals surface area contributed by atoms with Crippen molar-refractivity contribution in [2.24, 2.45) is 0 Å². The molecule has 2 aromatic rings. The lowest BCUT2D eigenvalue weighted by Crippen LogP contribution is -2.26. The van der Waals surface area contributed by atoms with Gasteiger partial charge in [0.15, 0.2) is 0 Å². The minimum absolute atomic E-state index is 0. The van der Waals surface area contributed by atoms with E-state index in [4.69, 9.17) is 4.74 Å². The van der Waals surface area contributed by atoms with E-state index in [0.717, 1.165) is 30.6 Å². The average Bonchev–Trinajstić information content (AvgIpc) is 3.01. The molecule has 0 bridgehead atoms. The number of rotatable bonds is 7. The Balaban J connectivity index is 0.00000225. The molecular weight excluding hydrogens is 337 g/mol. The van der Waals surface area contributed by atoms with Gasteiger partial charge in [-0.05, 0) is 75.0 Å². The van der Waals surface area contributed by atoms with Gasteiger partial charge in [-0.2, -0.15) is 0 Å². The van der Waals surface area contributed by atoms with Crippen LogP contribution in [0.4, 0.5) is 4.39 Å². The molecule has 2 nitrogen and oxygen atoms in total. The summed E-state index contributed by atoms with van der Waals surface area (Å²) in [5.74, 6) is 0.633. The average molecular weight is 364 g/mol. The van der Waals surface area contributed by atoms with Gasteiger partial charge in [-0.25, -0.2) is 4.39 Å². The number of ether oxygens (including phenoxy) is 1. The van der Waals surface area contributed by atoms with Gasteiger partial charge in [0, 0.05) is 6.04 Å². The first kappa shape index (κ1) is 19.7. The van der Waals surface area contributed by atoms with Gasteiger partial charge in [-0.1, -0.05) is 30.3 Å². The molecule has 1 saturated heterocycles. The maximum atomic E-state index is 13.6. The van der Waals surface area contributed by atoms with Crippen LogP contribution in [-0.4, -0.2) is 31.1 Å². The summed E-state index contributed by atoms with van der Waals surface area (Å²) in [7, 11) is 2.18. The highest BCUT2D eigenvalue weighted by molar-refractivity contribution is 5.85. The third-order valence-corrected chi connectivity index (χ3v) is 4.93. The van der Waals surface area contributed by atoms with E-state index in [1.165, 1.54) is 31.0 Å². The Hall–Kier alpha value is -1.58. The van der Waals surface area contributed by atoms with Crippen molar-refractivity contribution >= 4 is 12.4 Å². The van der Waals surface area contributed by atoms with Crippen molar-refractivity contribution in [2.75, 3.05) is 20.2 Å². The zero-order valence-corrected chi connectivity index (χ0v) is 15.6. The molecule has 25 heavy (non-hydrogen) atoms. The summed E-state index contributed by atoms with van der Waals surface area (Å²) >= 11 is 0. The first-order chi connectivity index (χ1) is 11.7. The number of hydrogen-bond donors (Lipinski definition) is 0. The molecule has 1 unspecified atom stereocenters. The zero-order valence-electron chi connectivity index (χ0n) is 14.8. The highest BCUT2D eigenvalue weighted by atomic mass is 35.5. The number of nitrogens with zero attached hydrogens (tertiary/aromatic N) is 1. The monoisotopic (exact) mass is 363 g/mol. The Bertz CT molecular complexity index is 650. The normalized spacial score (nSPS) is 17.3. The molecule has 1 heterocycles. The van der Waals surface area contributed by atoms with Crippen LogP contribution in [0.15, 0.2) is 48.5 Å². The van der Waals surface area contributed by atoms with Crippen LogP contribution in [0.25, 0.3) is 0 Å². The molecule has 3 rings (SSSR count). The molecule has 0 spiro atoms. The van der Waals surface area contributed by atoms with Crippen LogP contribution in [-0.2, 0) is 12.8 Å². The Kier molecular flexibility index (Phi) is 7.73. The molecular formula is C21H27ClFNO. The van der Waals surface area contributed by atoms with Gasteiger partial charge in [0.2, 0.25) is 0 Å². The van der Waals surface area contributed by atoms with Crippen LogP contribution in [0.2, 0.25) is 0 Å². The fourth-order valence-electron chi connectivity index (χ4n) is 3.46. The molecule has 0 radical (unpaired) electrons. The number of halogens is 2. The molecule has 1 fully saturated rings. The van der Waals surface area contributed by atoms with E-state index >= 15 is 0 Å². The van der Waals surface area contributed by atoms with Crippen LogP contribution < -0.4 is 4.74 Å². The summed E-state index contributed by atoms with van der Waals surface area (Å²) in [4.78, 5) is 2.41. The number of likely N-dealkylation sites (tertiary alicyclic amines) is 1. The summed E-state index contributed by atoms with van der Waals surface area (Å²) in [6, 6.07) is 15.8. The van der Waals surface area contributed by atoms with E-state index in [1.807, 2.05) is 18.2 Å². The summed E-state index contributed by atoms with van der Waals surface area (Å²) in [6.07, 6.45) is 5.25. The van der Waals surface area contributed by atoms with E-state index in [-0.39, 0.29) is 18.2 Å². The Morgan fingerprint density at radius 1 is 1.12 bits per heavy atom. The maximum Gasteiger partial charge on any atom is 0.123 e. The van der Waals surface area contributed by atoms with Crippen molar-refractivity contribution < 1.29 is 9.13 Å². The minimum atomic E-state index is -0.194. The maximum absolute atomic E-state index is 13.6. The van der Waals surface area contributed by atoms with Gasteiger partial charge >= 0.3 is 0 Å². The van der Waals surface area contributed by atoms with Gasteiger partial charge in [0.05, 0.1) is 6.61 Å². The molecule has 0 aliphatic carbocycles. The summed E-state index contributed by atoms with van der Waals surface area (Å²) in [6.45, 7) is 1.88. The number of hydrogen-bond acceptors (Lipinski definition) is 2. The number of aryl methyl sites for hydroxylation is 2. The smallest absolute Gasteiger partial charge is 0.123 e. The fraction of sp³-hybridized carbons (Fsp3) is 0.429. The quantitative estimate of drug-likeness (QED) is 0.694. The SMILES string of the molecule is CN1CCCC1CCOc1ccc(F)cc1CCc1ccccc1.Cl. The molecule has 4 heteroatoms. The predicted molar refractivity (Wildman–Crippen MR) is 103 cm³/mol. The van der Waals surface area contributed by atoms with Crippen molar-refractivity contribution in [1.29, 1.82) is 0 Å². The summed E-state index contributed by atoms with van der Waals surface area (Å²) in [5, 5.41) is 0. The molecule has 136 valence electrons. The van der Waals surface area contributed by atoms with Crippen molar-refractivity contribution in [3.05, 3.63) is 65.5 Å². The molecule has 0 aromatic heterocycles. The lowest BCUT2D eigenvalue weighted by molar-refractivity contribution is 0.232. The van der Waals surface area contributed by atoms with Crippen LogP contribution in [0.5, 0.6) is 5.75 Å². The van der Waals surface area contributed by atoms with Crippen LogP contribution in [0.1, 0.15) is 30.4 Å². The third kappa shape index (κ3) is 5.72. The van der Waals surface area contributed by atoms with Gasteiger partial charge in [0.25, 0.3) is 0 Å². The Labute approximate surface area is 156 Å². The first-order valence-corrected chi connectivity index (χ1v) is 8.88. The van der Waals surface area contributed by atoms with Crippen molar-refractivity contribution in [3.63, 3.8) is 0 Å². The van der Waals surface area contributed by atoms with Crippen molar-refractivity contribution in [2.45, 2.75) is 38.1 Å². The van der Waals surface area contributed by atoms with E-state index < -0.39 is 0 Å². The lowest BCUT2D eigenvalue weighted by atomic mass is 10.0. The Morgan fingerprint density at radius 2 is 1.92 bits per heavy atom. The zero-order chi connectivity index (χ0) is 16.8. The molecule has 0 N–H and O–H groups in total. The predicted octanol–water partition coefficient (Wildman–Crippen LogP) is 4.90. The fourth-order valence-corrected chi connectivity index (χ4v) is 3.46. The molecule has 1 aliphatic rings. The van der Waals surface area contributed by atoms with Crippen molar-refractivity contribution in [1.82, 2.24) is 4.90 Å². The molecule has 0 amide bonds. The molecule has 0 saturated carbocycles. The largest absolute Gasteiger partial charge is 0.493 e. The summed E-state index contributed by atoms with van der Waals surface area (Å²) in [5.41, 5.74) is 2.22. The van der Waals surface area contributed by atoms with E-state index in [9.17, 15) is 4.39 Å². The topological polar surface area (TPSA) is 12.5 Å². The molecule has 1 atom stereocenters. The van der Waals surface area contributed by atoms with Crippen LogP contribution in [0, 0.1) is 5.82 Å². The third-order valence-electron chi connectivity index (χ3n) is 4.93. The van der Waals surface area contributed by atoms with Gasteiger partial charge in [0.1, 0.15) is 11.6 Å². The minimum Gasteiger partial charge on any atom is -0.493 e. The van der Waals surface area contributed by atoms with Crippen molar-refractivity contribution in [3.8, 4) is 5.75 Å². The van der Waals surface area contributed by atoms with Gasteiger partial charge in [-0.3, -0.25) is 0 Å². The Morgan fingerprint density at radius 3 is 2.64 bits per heavy atom. The highest BCUT2D eigenvalue weighted by Gasteiger charge is 2.20. The standard InChI is InChI=1S/C21H26FNO.ClH/c1-23-14-5-8-20(23)13-15-24-21-12-11-19(22)16-18(21)10-9-17-6-3-2-4-7-17;/h2-4,6-7,11-12,16,20H,5,8-10,13-15H2,1H3;1H.